The van der Waals surface area contributed by atoms with E-state index in [1.54, 1.807) is 14.1 Å². The molecule has 0 atom stereocenters. The minimum absolute atomic E-state index is 0.0621. The molecule has 0 spiro atoms. The van der Waals surface area contributed by atoms with E-state index in [1.807, 2.05) is 0 Å². The summed E-state index contributed by atoms with van der Waals surface area (Å²) in [5.41, 5.74) is 2.45. The van der Waals surface area contributed by atoms with Crippen molar-refractivity contribution in [1.82, 2.24) is 10.2 Å². The Balaban J connectivity index is 2.53. The van der Waals surface area contributed by atoms with Crippen molar-refractivity contribution in [3.63, 3.8) is 0 Å². The average molecular weight is 220 g/mol. The fraction of sp³-hybridized carbons (Fsp3) is 0.462. The molecule has 0 aliphatic carbocycles. The summed E-state index contributed by atoms with van der Waals surface area (Å²) in [5, 5.41) is 2.83. The van der Waals surface area contributed by atoms with E-state index in [4.69, 9.17) is 0 Å². The maximum atomic E-state index is 11.3. The highest BCUT2D eigenvalue weighted by Crippen LogP contribution is 2.14. The van der Waals surface area contributed by atoms with Gasteiger partial charge in [-0.05, 0) is 17.0 Å². The second kappa shape index (κ2) is 5.54. The van der Waals surface area contributed by atoms with Crippen molar-refractivity contribution < 1.29 is 4.79 Å². The molecule has 0 aliphatic rings. The maximum absolute atomic E-state index is 11.3. The molecule has 0 aromatic heterocycles. The molecule has 0 radical (unpaired) electrons. The molecule has 0 aliphatic heterocycles. The minimum atomic E-state index is -0.0621. The number of urea groups is 1. The van der Waals surface area contributed by atoms with Crippen molar-refractivity contribution in [3.8, 4) is 0 Å². The SMILES string of the molecule is CC(C)c1ccc(CNC(=O)N(C)C)cc1. The molecule has 0 heterocycles. The Morgan fingerprint density at radius 2 is 1.81 bits per heavy atom. The van der Waals surface area contributed by atoms with Gasteiger partial charge in [0.05, 0.1) is 0 Å². The molecule has 0 saturated heterocycles. The first-order valence-corrected chi connectivity index (χ1v) is 5.54. The van der Waals surface area contributed by atoms with Gasteiger partial charge >= 0.3 is 6.03 Å². The van der Waals surface area contributed by atoms with Gasteiger partial charge < -0.3 is 10.2 Å². The largest absolute Gasteiger partial charge is 0.334 e. The molecule has 1 aromatic carbocycles. The van der Waals surface area contributed by atoms with E-state index in [0.29, 0.717) is 12.5 Å². The normalized spacial score (nSPS) is 10.3. The molecule has 2 amide bonds. The average Bonchev–Trinajstić information content (AvgIpc) is 2.26. The monoisotopic (exact) mass is 220 g/mol. The molecule has 0 bridgehead atoms. The number of nitrogens with one attached hydrogen (secondary N) is 1. The van der Waals surface area contributed by atoms with E-state index >= 15 is 0 Å². The Bertz CT molecular complexity index is 341. The summed E-state index contributed by atoms with van der Waals surface area (Å²) in [7, 11) is 3.47. The summed E-state index contributed by atoms with van der Waals surface area (Å²) in [4.78, 5) is 12.8. The number of hydrogen-bond acceptors (Lipinski definition) is 1. The first-order chi connectivity index (χ1) is 7.50. The minimum Gasteiger partial charge on any atom is -0.334 e. The molecular formula is C13H20N2O. The van der Waals surface area contributed by atoms with Crippen LogP contribution in [0.2, 0.25) is 0 Å². The topological polar surface area (TPSA) is 32.3 Å². The lowest BCUT2D eigenvalue weighted by atomic mass is 10.0. The second-order valence-corrected chi connectivity index (χ2v) is 4.45. The van der Waals surface area contributed by atoms with E-state index in [9.17, 15) is 4.79 Å². The number of rotatable bonds is 3. The molecule has 0 saturated carbocycles. The van der Waals surface area contributed by atoms with Crippen molar-refractivity contribution in [2.45, 2.75) is 26.3 Å². The fourth-order valence-corrected chi connectivity index (χ4v) is 1.36. The summed E-state index contributed by atoms with van der Waals surface area (Å²) >= 11 is 0. The van der Waals surface area contributed by atoms with Crippen LogP contribution in [0.15, 0.2) is 24.3 Å². The summed E-state index contributed by atoms with van der Waals surface area (Å²) < 4.78 is 0. The Morgan fingerprint density at radius 1 is 1.25 bits per heavy atom. The number of carbonyl (C=O) groups excluding carboxylic acids is 1. The number of amides is 2. The van der Waals surface area contributed by atoms with Gasteiger partial charge in [0.2, 0.25) is 0 Å². The third-order valence-electron chi connectivity index (χ3n) is 2.50. The van der Waals surface area contributed by atoms with Gasteiger partial charge in [-0.1, -0.05) is 38.1 Å². The molecule has 3 heteroatoms. The lowest BCUT2D eigenvalue weighted by Crippen LogP contribution is -2.33. The molecule has 1 N–H and O–H groups in total. The van der Waals surface area contributed by atoms with E-state index in [0.717, 1.165) is 5.56 Å². The van der Waals surface area contributed by atoms with Crippen LogP contribution in [0.1, 0.15) is 30.9 Å². The lowest BCUT2D eigenvalue weighted by molar-refractivity contribution is 0.217. The highest BCUT2D eigenvalue weighted by molar-refractivity contribution is 5.73. The zero-order valence-corrected chi connectivity index (χ0v) is 10.4. The second-order valence-electron chi connectivity index (χ2n) is 4.45. The van der Waals surface area contributed by atoms with Crippen LogP contribution in [-0.2, 0) is 6.54 Å². The molecule has 1 rings (SSSR count). The molecule has 0 unspecified atom stereocenters. The standard InChI is InChI=1S/C13H20N2O/c1-10(2)12-7-5-11(6-8-12)9-14-13(16)15(3)4/h5-8,10H,9H2,1-4H3,(H,14,16). The van der Waals surface area contributed by atoms with Gasteiger partial charge in [0, 0.05) is 20.6 Å². The number of hydrogen-bond donors (Lipinski definition) is 1. The van der Waals surface area contributed by atoms with Crippen LogP contribution in [0.4, 0.5) is 4.79 Å². The summed E-state index contributed by atoms with van der Waals surface area (Å²) in [5.74, 6) is 0.547. The molecular weight excluding hydrogens is 200 g/mol. The lowest BCUT2D eigenvalue weighted by Gasteiger charge is -2.12. The Hall–Kier alpha value is -1.51. The summed E-state index contributed by atoms with van der Waals surface area (Å²) in [6.07, 6.45) is 0. The van der Waals surface area contributed by atoms with E-state index in [2.05, 4.69) is 43.4 Å². The molecule has 0 fully saturated rings. The fourth-order valence-electron chi connectivity index (χ4n) is 1.36. The predicted octanol–water partition coefficient (Wildman–Crippen LogP) is 2.58. The van der Waals surface area contributed by atoms with Crippen molar-refractivity contribution in [3.05, 3.63) is 35.4 Å². The van der Waals surface area contributed by atoms with Gasteiger partial charge in [0.25, 0.3) is 0 Å². The van der Waals surface area contributed by atoms with Gasteiger partial charge in [-0.15, -0.1) is 0 Å². The smallest absolute Gasteiger partial charge is 0.317 e. The van der Waals surface area contributed by atoms with Crippen LogP contribution >= 0.6 is 0 Å². The van der Waals surface area contributed by atoms with Crippen LogP contribution in [0.5, 0.6) is 0 Å². The summed E-state index contributed by atoms with van der Waals surface area (Å²) in [6.45, 7) is 4.92. The highest BCUT2D eigenvalue weighted by Gasteiger charge is 2.03. The van der Waals surface area contributed by atoms with Crippen LogP contribution in [-0.4, -0.2) is 25.0 Å². The van der Waals surface area contributed by atoms with Gasteiger partial charge in [-0.3, -0.25) is 0 Å². The first kappa shape index (κ1) is 12.6. The quantitative estimate of drug-likeness (QED) is 0.834. The molecule has 1 aromatic rings. The van der Waals surface area contributed by atoms with Gasteiger partial charge in [-0.2, -0.15) is 0 Å². The van der Waals surface area contributed by atoms with Gasteiger partial charge in [-0.25, -0.2) is 4.79 Å². The molecule has 88 valence electrons. The van der Waals surface area contributed by atoms with Crippen LogP contribution in [0.25, 0.3) is 0 Å². The third-order valence-corrected chi connectivity index (χ3v) is 2.50. The van der Waals surface area contributed by atoms with Crippen LogP contribution in [0, 0.1) is 0 Å². The van der Waals surface area contributed by atoms with Gasteiger partial charge in [0.15, 0.2) is 0 Å². The zero-order chi connectivity index (χ0) is 12.1. The number of carbonyl (C=O) groups is 1. The maximum Gasteiger partial charge on any atom is 0.317 e. The Labute approximate surface area is 97.5 Å². The van der Waals surface area contributed by atoms with Crippen LogP contribution < -0.4 is 5.32 Å². The Morgan fingerprint density at radius 3 is 2.25 bits per heavy atom. The van der Waals surface area contributed by atoms with E-state index in [1.165, 1.54) is 10.5 Å². The third kappa shape index (κ3) is 3.57. The zero-order valence-electron chi connectivity index (χ0n) is 10.4. The number of benzene rings is 1. The summed E-state index contributed by atoms with van der Waals surface area (Å²) in [6, 6.07) is 8.29. The molecule has 3 nitrogen and oxygen atoms in total. The van der Waals surface area contributed by atoms with Crippen molar-refractivity contribution in [2.24, 2.45) is 0 Å². The predicted molar refractivity (Wildman–Crippen MR) is 66.5 cm³/mol. The van der Waals surface area contributed by atoms with E-state index < -0.39 is 0 Å². The van der Waals surface area contributed by atoms with Crippen LogP contribution in [0.3, 0.4) is 0 Å². The highest BCUT2D eigenvalue weighted by atomic mass is 16.2. The van der Waals surface area contributed by atoms with Gasteiger partial charge in [0.1, 0.15) is 0 Å². The first-order valence-electron chi connectivity index (χ1n) is 5.54. The van der Waals surface area contributed by atoms with Crippen molar-refractivity contribution >= 4 is 6.03 Å². The van der Waals surface area contributed by atoms with E-state index in [-0.39, 0.29) is 6.03 Å². The number of nitrogens with zero attached hydrogens (tertiary/aromatic N) is 1. The Kier molecular flexibility index (Phi) is 4.35. The van der Waals surface area contributed by atoms with Crippen molar-refractivity contribution in [1.29, 1.82) is 0 Å². The molecule has 16 heavy (non-hydrogen) atoms. The van der Waals surface area contributed by atoms with Crippen molar-refractivity contribution in [2.75, 3.05) is 14.1 Å².